The zero-order valence-corrected chi connectivity index (χ0v) is 6.24. The van der Waals surface area contributed by atoms with Gasteiger partial charge in [-0.1, -0.05) is 0 Å². The van der Waals surface area contributed by atoms with E-state index >= 15 is 0 Å². The Morgan fingerprint density at radius 3 is 2.55 bits per heavy atom. The molecule has 1 rings (SSSR count). The minimum atomic E-state index is -0.363. The average Bonchev–Trinajstić information content (AvgIpc) is 1.93. The van der Waals surface area contributed by atoms with Crippen molar-refractivity contribution in [2.45, 2.75) is 13.3 Å². The molecule has 0 bridgehead atoms. The molecule has 1 aromatic rings. The molecule has 0 aromatic carbocycles. The van der Waals surface area contributed by atoms with Gasteiger partial charge in [0.1, 0.15) is 5.82 Å². The van der Waals surface area contributed by atoms with Crippen molar-refractivity contribution in [2.24, 2.45) is 5.73 Å². The molecule has 0 spiro atoms. The zero-order valence-electron chi connectivity index (χ0n) is 6.24. The third-order valence-corrected chi connectivity index (χ3v) is 1.21. The molecular weight excluding hydrogens is 142 g/mol. The Morgan fingerprint density at radius 2 is 2.09 bits per heavy atom. The van der Waals surface area contributed by atoms with Crippen molar-refractivity contribution in [2.75, 3.05) is 0 Å². The van der Waals surface area contributed by atoms with Crippen LogP contribution in [0.3, 0.4) is 0 Å². The van der Waals surface area contributed by atoms with E-state index in [1.165, 1.54) is 0 Å². The first kappa shape index (κ1) is 7.65. The second kappa shape index (κ2) is 3.09. The number of aromatic nitrogens is 2. The summed E-state index contributed by atoms with van der Waals surface area (Å²) in [4.78, 5) is 18.2. The van der Waals surface area contributed by atoms with Crippen molar-refractivity contribution in [3.8, 4) is 0 Å². The smallest absolute Gasteiger partial charge is 0.221 e. The van der Waals surface area contributed by atoms with Crippen LogP contribution in [-0.4, -0.2) is 15.9 Å². The molecule has 0 aliphatic carbocycles. The van der Waals surface area contributed by atoms with Crippen molar-refractivity contribution in [3.05, 3.63) is 23.8 Å². The Bertz CT molecular complexity index is 255. The van der Waals surface area contributed by atoms with Crippen LogP contribution in [0.15, 0.2) is 12.4 Å². The number of carbonyl (C=O) groups is 1. The second-order valence-electron chi connectivity index (χ2n) is 2.28. The van der Waals surface area contributed by atoms with Gasteiger partial charge in [0.05, 0.1) is 6.42 Å². The lowest BCUT2D eigenvalue weighted by Crippen LogP contribution is -2.14. The third-order valence-electron chi connectivity index (χ3n) is 1.21. The molecule has 0 radical (unpaired) electrons. The summed E-state index contributed by atoms with van der Waals surface area (Å²) < 4.78 is 0. The highest BCUT2D eigenvalue weighted by Crippen LogP contribution is 1.95. The van der Waals surface area contributed by atoms with E-state index in [2.05, 4.69) is 9.97 Å². The summed E-state index contributed by atoms with van der Waals surface area (Å²) in [5, 5.41) is 0. The molecule has 0 aliphatic heterocycles. The summed E-state index contributed by atoms with van der Waals surface area (Å²) in [7, 11) is 0. The summed E-state index contributed by atoms with van der Waals surface area (Å²) in [6.45, 7) is 1.79. The number of primary amides is 1. The predicted molar refractivity (Wildman–Crippen MR) is 39.7 cm³/mol. The molecule has 0 saturated heterocycles. The Hall–Kier alpha value is -1.45. The van der Waals surface area contributed by atoms with Gasteiger partial charge in [0.15, 0.2) is 0 Å². The molecule has 0 aliphatic rings. The summed E-state index contributed by atoms with van der Waals surface area (Å²) >= 11 is 0. The number of nitrogens with two attached hydrogens (primary N) is 1. The fraction of sp³-hybridized carbons (Fsp3) is 0.286. The fourth-order valence-corrected chi connectivity index (χ4v) is 0.712. The quantitative estimate of drug-likeness (QED) is 0.637. The molecule has 0 saturated carbocycles. The van der Waals surface area contributed by atoms with E-state index in [1.807, 2.05) is 0 Å². The number of hydrogen-bond donors (Lipinski definition) is 1. The van der Waals surface area contributed by atoms with Crippen molar-refractivity contribution >= 4 is 5.91 Å². The number of nitrogens with zero attached hydrogens (tertiary/aromatic N) is 2. The Morgan fingerprint density at radius 1 is 1.55 bits per heavy atom. The topological polar surface area (TPSA) is 68.9 Å². The van der Waals surface area contributed by atoms with Crippen molar-refractivity contribution < 1.29 is 4.79 Å². The molecule has 0 fully saturated rings. The van der Waals surface area contributed by atoms with Gasteiger partial charge in [-0.2, -0.15) is 0 Å². The van der Waals surface area contributed by atoms with Crippen molar-refractivity contribution in [1.82, 2.24) is 9.97 Å². The molecule has 0 atom stereocenters. The molecule has 4 heteroatoms. The predicted octanol–water partition coefficient (Wildman–Crippen LogP) is -0.187. The average molecular weight is 151 g/mol. The summed E-state index contributed by atoms with van der Waals surface area (Å²) in [6.07, 6.45) is 3.42. The van der Waals surface area contributed by atoms with Gasteiger partial charge in [0.25, 0.3) is 0 Å². The number of rotatable bonds is 2. The van der Waals surface area contributed by atoms with Crippen LogP contribution in [0.25, 0.3) is 0 Å². The van der Waals surface area contributed by atoms with E-state index in [0.717, 1.165) is 5.56 Å². The maximum absolute atomic E-state index is 10.4. The van der Waals surface area contributed by atoms with Crippen LogP contribution in [0.1, 0.15) is 11.4 Å². The molecular formula is C7H9N3O. The lowest BCUT2D eigenvalue weighted by molar-refractivity contribution is -0.117. The van der Waals surface area contributed by atoms with Gasteiger partial charge < -0.3 is 5.73 Å². The molecule has 1 aromatic heterocycles. The number of carbonyl (C=O) groups excluding carboxylic acids is 1. The molecule has 1 amide bonds. The summed E-state index contributed by atoms with van der Waals surface area (Å²) in [6, 6.07) is 0. The van der Waals surface area contributed by atoms with Crippen molar-refractivity contribution in [3.63, 3.8) is 0 Å². The van der Waals surface area contributed by atoms with Gasteiger partial charge in [-0.15, -0.1) is 0 Å². The standard InChI is InChI=1S/C7H9N3O/c1-5-9-3-6(4-10-5)2-7(8)11/h3-4H,2H2,1H3,(H2,8,11). The van der Waals surface area contributed by atoms with Crippen LogP contribution in [0.2, 0.25) is 0 Å². The van der Waals surface area contributed by atoms with Gasteiger partial charge in [-0.05, 0) is 12.5 Å². The van der Waals surface area contributed by atoms with E-state index in [9.17, 15) is 4.79 Å². The van der Waals surface area contributed by atoms with Gasteiger partial charge in [0, 0.05) is 12.4 Å². The monoisotopic (exact) mass is 151 g/mol. The van der Waals surface area contributed by atoms with Gasteiger partial charge in [-0.3, -0.25) is 4.79 Å². The molecule has 2 N–H and O–H groups in total. The van der Waals surface area contributed by atoms with Crippen LogP contribution in [0.4, 0.5) is 0 Å². The van der Waals surface area contributed by atoms with E-state index in [4.69, 9.17) is 5.73 Å². The van der Waals surface area contributed by atoms with Gasteiger partial charge >= 0.3 is 0 Å². The first-order valence-electron chi connectivity index (χ1n) is 3.24. The van der Waals surface area contributed by atoms with E-state index < -0.39 is 0 Å². The minimum Gasteiger partial charge on any atom is -0.369 e. The van der Waals surface area contributed by atoms with Crippen LogP contribution < -0.4 is 5.73 Å². The maximum atomic E-state index is 10.4. The molecule has 11 heavy (non-hydrogen) atoms. The van der Waals surface area contributed by atoms with Crippen LogP contribution in [-0.2, 0) is 11.2 Å². The summed E-state index contributed by atoms with van der Waals surface area (Å²) in [5.41, 5.74) is 5.72. The Labute approximate surface area is 64.5 Å². The second-order valence-corrected chi connectivity index (χ2v) is 2.28. The van der Waals surface area contributed by atoms with Crippen LogP contribution in [0.5, 0.6) is 0 Å². The summed E-state index contributed by atoms with van der Waals surface area (Å²) in [5.74, 6) is 0.329. The Balaban J connectivity index is 2.74. The lowest BCUT2D eigenvalue weighted by Gasteiger charge is -1.95. The molecule has 0 unspecified atom stereocenters. The number of hydrogen-bond acceptors (Lipinski definition) is 3. The van der Waals surface area contributed by atoms with Gasteiger partial charge in [-0.25, -0.2) is 9.97 Å². The lowest BCUT2D eigenvalue weighted by atomic mass is 10.2. The zero-order chi connectivity index (χ0) is 8.27. The normalized spacial score (nSPS) is 9.55. The number of amides is 1. The van der Waals surface area contributed by atoms with Gasteiger partial charge in [0.2, 0.25) is 5.91 Å². The maximum Gasteiger partial charge on any atom is 0.221 e. The van der Waals surface area contributed by atoms with E-state index in [-0.39, 0.29) is 12.3 Å². The van der Waals surface area contributed by atoms with E-state index in [1.54, 1.807) is 19.3 Å². The molecule has 4 nitrogen and oxygen atoms in total. The first-order valence-corrected chi connectivity index (χ1v) is 3.24. The fourth-order valence-electron chi connectivity index (χ4n) is 0.712. The van der Waals surface area contributed by atoms with Crippen LogP contribution >= 0.6 is 0 Å². The minimum absolute atomic E-state index is 0.209. The highest BCUT2D eigenvalue weighted by molar-refractivity contribution is 5.76. The molecule has 58 valence electrons. The van der Waals surface area contributed by atoms with E-state index in [0.29, 0.717) is 5.82 Å². The molecule has 1 heterocycles. The largest absolute Gasteiger partial charge is 0.369 e. The Kier molecular flexibility index (Phi) is 2.15. The highest BCUT2D eigenvalue weighted by Gasteiger charge is 1.97. The highest BCUT2D eigenvalue weighted by atomic mass is 16.1. The first-order chi connectivity index (χ1) is 5.18. The van der Waals surface area contributed by atoms with Crippen molar-refractivity contribution in [1.29, 1.82) is 0 Å². The third kappa shape index (κ3) is 2.33. The van der Waals surface area contributed by atoms with Crippen LogP contribution in [0, 0.1) is 6.92 Å². The SMILES string of the molecule is Cc1ncc(CC(N)=O)cn1. The number of aryl methyl sites for hydroxylation is 1.